The number of carbonyl (C=O) groups excluding carboxylic acids is 2. The Hall–Kier alpha value is -1.24. The van der Waals surface area contributed by atoms with Crippen LogP contribution in [0.4, 0.5) is 0 Å². The van der Waals surface area contributed by atoms with Gasteiger partial charge in [0.05, 0.1) is 26.4 Å². The summed E-state index contributed by atoms with van der Waals surface area (Å²) < 4.78 is 14.7. The molecule has 6 nitrogen and oxygen atoms in total. The number of rotatable bonds is 22. The van der Waals surface area contributed by atoms with Crippen molar-refractivity contribution in [1.29, 1.82) is 0 Å². The summed E-state index contributed by atoms with van der Waals surface area (Å²) in [4.78, 5) is 23.0. The van der Waals surface area contributed by atoms with E-state index in [1.165, 1.54) is 57.8 Å². The van der Waals surface area contributed by atoms with Crippen molar-refractivity contribution in [3.05, 3.63) is 12.2 Å². The van der Waals surface area contributed by atoms with E-state index < -0.39 is 11.9 Å². The minimum absolute atomic E-state index is 0.0487. The molecule has 0 saturated carbocycles. The summed E-state index contributed by atoms with van der Waals surface area (Å²) in [6.07, 6.45) is 20.5. The van der Waals surface area contributed by atoms with Crippen LogP contribution in [0, 0.1) is 0 Å². The first-order valence-electron chi connectivity index (χ1n) is 11.9. The molecular formula is C24H44O6. The number of hydrogen-bond acceptors (Lipinski definition) is 6. The molecule has 1 N–H and O–H groups in total. The Labute approximate surface area is 183 Å². The van der Waals surface area contributed by atoms with Gasteiger partial charge in [0.25, 0.3) is 0 Å². The Balaban J connectivity index is 3.34. The summed E-state index contributed by atoms with van der Waals surface area (Å²) >= 11 is 0. The lowest BCUT2D eigenvalue weighted by molar-refractivity contribution is -0.163. The van der Waals surface area contributed by atoms with Crippen LogP contribution in [0.1, 0.15) is 96.8 Å². The van der Waals surface area contributed by atoms with Gasteiger partial charge in [-0.15, -0.1) is 0 Å². The Morgan fingerprint density at radius 1 is 0.700 bits per heavy atom. The Kier molecular flexibility index (Phi) is 23.0. The van der Waals surface area contributed by atoms with Crippen LogP contribution in [0.5, 0.6) is 0 Å². The molecule has 0 fully saturated rings. The average molecular weight is 429 g/mol. The van der Waals surface area contributed by atoms with Crippen molar-refractivity contribution in [3.63, 3.8) is 0 Å². The fourth-order valence-corrected chi connectivity index (χ4v) is 2.99. The summed E-state index contributed by atoms with van der Waals surface area (Å²) in [5, 5.41) is 8.53. The monoisotopic (exact) mass is 428 g/mol. The Morgan fingerprint density at radius 2 is 1.27 bits per heavy atom. The number of unbranched alkanes of at least 4 members (excludes halogenated alkanes) is 11. The first kappa shape index (κ1) is 28.8. The molecule has 0 spiro atoms. The highest BCUT2D eigenvalue weighted by Crippen LogP contribution is 2.10. The van der Waals surface area contributed by atoms with Crippen LogP contribution in [0.15, 0.2) is 12.2 Å². The molecule has 0 aromatic heterocycles. The molecule has 30 heavy (non-hydrogen) atoms. The lowest BCUT2D eigenvalue weighted by atomic mass is 10.1. The van der Waals surface area contributed by atoms with Crippen molar-refractivity contribution in [2.75, 3.05) is 33.0 Å². The minimum Gasteiger partial charge on any atom is -0.394 e. The summed E-state index contributed by atoms with van der Waals surface area (Å²) in [7, 11) is 0. The Bertz CT molecular complexity index is 422. The summed E-state index contributed by atoms with van der Waals surface area (Å²) in [6.45, 7) is 2.68. The number of aliphatic hydroxyl groups is 1. The fourth-order valence-electron chi connectivity index (χ4n) is 2.99. The van der Waals surface area contributed by atoms with E-state index in [1.807, 2.05) is 0 Å². The fraction of sp³-hybridized carbons (Fsp3) is 0.833. The van der Waals surface area contributed by atoms with Crippen LogP contribution in [0.25, 0.3) is 0 Å². The van der Waals surface area contributed by atoms with Gasteiger partial charge in [0, 0.05) is 6.42 Å². The molecule has 0 aliphatic heterocycles. The predicted octanol–water partition coefficient (Wildman–Crippen LogP) is 5.12. The van der Waals surface area contributed by atoms with Crippen molar-refractivity contribution in [3.8, 4) is 0 Å². The second kappa shape index (κ2) is 24.0. The van der Waals surface area contributed by atoms with E-state index in [0.717, 1.165) is 25.7 Å². The minimum atomic E-state index is -0.671. The van der Waals surface area contributed by atoms with Crippen LogP contribution in [0.2, 0.25) is 0 Å². The van der Waals surface area contributed by atoms with Crippen LogP contribution in [-0.2, 0) is 23.8 Å². The third-order valence-electron chi connectivity index (χ3n) is 4.70. The van der Waals surface area contributed by atoms with Gasteiger partial charge in [-0.3, -0.25) is 4.79 Å². The second-order valence-corrected chi connectivity index (χ2v) is 7.57. The first-order valence-corrected chi connectivity index (χ1v) is 11.9. The molecule has 0 amide bonds. The topological polar surface area (TPSA) is 82.1 Å². The molecule has 0 aromatic carbocycles. The summed E-state index contributed by atoms with van der Waals surface area (Å²) in [6, 6.07) is 0. The van der Waals surface area contributed by atoms with E-state index in [9.17, 15) is 9.59 Å². The molecule has 0 atom stereocenters. The second-order valence-electron chi connectivity index (χ2n) is 7.57. The number of carbonyl (C=O) groups is 2. The van der Waals surface area contributed by atoms with E-state index in [2.05, 4.69) is 19.1 Å². The van der Waals surface area contributed by atoms with E-state index >= 15 is 0 Å². The molecule has 0 radical (unpaired) electrons. The van der Waals surface area contributed by atoms with Gasteiger partial charge in [-0.2, -0.15) is 0 Å². The average Bonchev–Trinajstić information content (AvgIpc) is 2.73. The molecule has 176 valence electrons. The number of allylic oxidation sites excluding steroid dienone is 2. The van der Waals surface area contributed by atoms with Gasteiger partial charge < -0.3 is 19.3 Å². The number of ether oxygens (including phenoxy) is 3. The van der Waals surface area contributed by atoms with Crippen LogP contribution in [-0.4, -0.2) is 50.1 Å². The molecule has 0 rings (SSSR count). The van der Waals surface area contributed by atoms with Crippen molar-refractivity contribution in [1.82, 2.24) is 0 Å². The first-order chi connectivity index (χ1) is 14.7. The van der Waals surface area contributed by atoms with Gasteiger partial charge in [0.2, 0.25) is 0 Å². The van der Waals surface area contributed by atoms with Gasteiger partial charge >= 0.3 is 11.9 Å². The van der Waals surface area contributed by atoms with Crippen molar-refractivity contribution in [2.45, 2.75) is 96.8 Å². The van der Waals surface area contributed by atoms with Gasteiger partial charge in [0.15, 0.2) is 0 Å². The zero-order chi connectivity index (χ0) is 22.1. The smallest absolute Gasteiger partial charge is 0.339 e. The molecule has 0 aromatic rings. The van der Waals surface area contributed by atoms with Crippen LogP contribution in [0.3, 0.4) is 0 Å². The number of esters is 2. The zero-order valence-electron chi connectivity index (χ0n) is 19.1. The maximum atomic E-state index is 11.6. The third kappa shape index (κ3) is 23.0. The third-order valence-corrected chi connectivity index (χ3v) is 4.70. The highest BCUT2D eigenvalue weighted by atomic mass is 16.6. The number of hydrogen-bond donors (Lipinski definition) is 1. The van der Waals surface area contributed by atoms with Gasteiger partial charge in [-0.25, -0.2) is 4.79 Å². The van der Waals surface area contributed by atoms with Gasteiger partial charge in [-0.1, -0.05) is 70.4 Å². The van der Waals surface area contributed by atoms with Crippen LogP contribution < -0.4 is 0 Å². The molecule has 6 heteroatoms. The summed E-state index contributed by atoms with van der Waals surface area (Å²) in [5.41, 5.74) is 0. The molecule has 0 heterocycles. The van der Waals surface area contributed by atoms with Crippen molar-refractivity contribution in [2.24, 2.45) is 0 Å². The lowest BCUT2D eigenvalue weighted by Crippen LogP contribution is -2.19. The maximum Gasteiger partial charge on any atom is 0.339 e. The van der Waals surface area contributed by atoms with E-state index in [-0.39, 0.29) is 39.5 Å². The van der Waals surface area contributed by atoms with E-state index in [0.29, 0.717) is 0 Å². The largest absolute Gasteiger partial charge is 0.394 e. The quantitative estimate of drug-likeness (QED) is 0.112. The molecule has 0 bridgehead atoms. The molecule has 0 aliphatic carbocycles. The molecule has 0 aliphatic rings. The highest BCUT2D eigenvalue weighted by Gasteiger charge is 2.10. The zero-order valence-corrected chi connectivity index (χ0v) is 19.1. The predicted molar refractivity (Wildman–Crippen MR) is 119 cm³/mol. The summed E-state index contributed by atoms with van der Waals surface area (Å²) in [5.74, 6) is -1.16. The standard InChI is InChI=1S/C24H44O6/c1-2-3-4-5-6-7-8-9-10-11-12-13-14-15-16-17-23(26)30-24(27)22-29-21-20-28-19-18-25/h9-10,25H,2-8,11-22H2,1H3/b10-9-. The van der Waals surface area contributed by atoms with Crippen molar-refractivity contribution < 1.29 is 28.9 Å². The SMILES string of the molecule is CCCCCCCC/C=C\CCCCCCCC(=O)OC(=O)COCCOCCO. The van der Waals surface area contributed by atoms with Crippen LogP contribution >= 0.6 is 0 Å². The molecular weight excluding hydrogens is 384 g/mol. The number of aliphatic hydroxyl groups excluding tert-OH is 1. The van der Waals surface area contributed by atoms with Crippen molar-refractivity contribution >= 4 is 11.9 Å². The van der Waals surface area contributed by atoms with Gasteiger partial charge in [0.1, 0.15) is 6.61 Å². The normalized spacial score (nSPS) is 11.3. The Morgan fingerprint density at radius 3 is 1.90 bits per heavy atom. The van der Waals surface area contributed by atoms with Gasteiger partial charge in [-0.05, 0) is 32.1 Å². The maximum absolute atomic E-state index is 11.6. The molecule has 0 saturated heterocycles. The highest BCUT2D eigenvalue weighted by molar-refractivity contribution is 5.85. The molecule has 0 unspecified atom stereocenters. The van der Waals surface area contributed by atoms with E-state index in [4.69, 9.17) is 19.3 Å². The van der Waals surface area contributed by atoms with E-state index in [1.54, 1.807) is 0 Å². The lowest BCUT2D eigenvalue weighted by Gasteiger charge is -2.05.